The standard InChI is InChI=1S/C16H29NO3/c18-15(11-17-6-8-19-9-7-17)12-20-16-5-4-13-2-1-3-14(13)10-16/h13-16,18H,1-12H2/p+1/t13?,14?,15-,16?/m1/s1. The number of nitrogens with one attached hydrogen (secondary N) is 1. The molecule has 1 heterocycles. The van der Waals surface area contributed by atoms with Gasteiger partial charge >= 0.3 is 0 Å². The number of ether oxygens (including phenoxy) is 2. The highest BCUT2D eigenvalue weighted by Gasteiger charge is 2.34. The number of fused-ring (bicyclic) bond motifs is 1. The van der Waals surface area contributed by atoms with Gasteiger partial charge in [-0.05, 0) is 31.1 Å². The lowest BCUT2D eigenvalue weighted by atomic mass is 9.80. The van der Waals surface area contributed by atoms with E-state index in [2.05, 4.69) is 0 Å². The molecule has 0 amide bonds. The van der Waals surface area contributed by atoms with Crippen molar-refractivity contribution in [1.29, 1.82) is 0 Å². The number of hydrogen-bond donors (Lipinski definition) is 2. The van der Waals surface area contributed by atoms with Crippen molar-refractivity contribution in [2.45, 2.75) is 50.7 Å². The molecule has 1 aliphatic heterocycles. The minimum Gasteiger partial charge on any atom is -0.385 e. The molecule has 0 aromatic carbocycles. The summed E-state index contributed by atoms with van der Waals surface area (Å²) in [5, 5.41) is 10.1. The average molecular weight is 284 g/mol. The van der Waals surface area contributed by atoms with Crippen LogP contribution in [0.2, 0.25) is 0 Å². The Morgan fingerprint density at radius 1 is 1.10 bits per heavy atom. The molecule has 4 nitrogen and oxygen atoms in total. The second-order valence-electron chi connectivity index (χ2n) is 6.94. The van der Waals surface area contributed by atoms with Gasteiger partial charge in [0.05, 0.1) is 25.9 Å². The molecule has 0 spiro atoms. The van der Waals surface area contributed by atoms with Crippen LogP contribution in [0, 0.1) is 11.8 Å². The summed E-state index contributed by atoms with van der Waals surface area (Å²) in [5.74, 6) is 1.90. The molecular weight excluding hydrogens is 254 g/mol. The second kappa shape index (κ2) is 7.21. The molecular formula is C16H30NO3+. The molecule has 1 saturated heterocycles. The molecule has 4 atom stereocenters. The molecule has 2 saturated carbocycles. The van der Waals surface area contributed by atoms with Crippen LogP contribution < -0.4 is 4.90 Å². The van der Waals surface area contributed by atoms with Gasteiger partial charge in [-0.1, -0.05) is 19.3 Å². The van der Waals surface area contributed by atoms with Gasteiger partial charge in [0.15, 0.2) is 0 Å². The zero-order valence-corrected chi connectivity index (χ0v) is 12.6. The first-order valence-corrected chi connectivity index (χ1v) is 8.52. The van der Waals surface area contributed by atoms with Gasteiger partial charge in [-0.2, -0.15) is 0 Å². The maximum Gasteiger partial charge on any atom is 0.126 e. The Morgan fingerprint density at radius 3 is 2.75 bits per heavy atom. The van der Waals surface area contributed by atoms with Crippen LogP contribution in [0.5, 0.6) is 0 Å². The van der Waals surface area contributed by atoms with E-state index < -0.39 is 0 Å². The van der Waals surface area contributed by atoms with Gasteiger partial charge < -0.3 is 19.5 Å². The Morgan fingerprint density at radius 2 is 1.90 bits per heavy atom. The third-order valence-electron chi connectivity index (χ3n) is 5.49. The largest absolute Gasteiger partial charge is 0.385 e. The molecule has 2 N–H and O–H groups in total. The third-order valence-corrected chi connectivity index (χ3v) is 5.49. The van der Waals surface area contributed by atoms with Gasteiger partial charge in [0, 0.05) is 0 Å². The van der Waals surface area contributed by atoms with Gasteiger partial charge in [0.25, 0.3) is 0 Å². The van der Waals surface area contributed by atoms with Crippen molar-refractivity contribution in [3.05, 3.63) is 0 Å². The number of aliphatic hydroxyl groups is 1. The van der Waals surface area contributed by atoms with E-state index in [1.165, 1.54) is 43.4 Å². The van der Waals surface area contributed by atoms with E-state index >= 15 is 0 Å². The topological polar surface area (TPSA) is 43.1 Å². The summed E-state index contributed by atoms with van der Waals surface area (Å²) in [5.41, 5.74) is 0. The first-order valence-electron chi connectivity index (χ1n) is 8.52. The van der Waals surface area contributed by atoms with E-state index in [4.69, 9.17) is 9.47 Å². The fraction of sp³-hybridized carbons (Fsp3) is 1.00. The van der Waals surface area contributed by atoms with Crippen molar-refractivity contribution < 1.29 is 19.5 Å². The average Bonchev–Trinajstić information content (AvgIpc) is 2.93. The Kier molecular flexibility index (Phi) is 5.32. The van der Waals surface area contributed by atoms with Crippen LogP contribution >= 0.6 is 0 Å². The van der Waals surface area contributed by atoms with Crippen molar-refractivity contribution in [1.82, 2.24) is 0 Å². The van der Waals surface area contributed by atoms with E-state index in [1.807, 2.05) is 0 Å². The maximum atomic E-state index is 10.1. The van der Waals surface area contributed by atoms with Crippen LogP contribution in [0.25, 0.3) is 0 Å². The minimum atomic E-state index is -0.315. The van der Waals surface area contributed by atoms with Crippen LogP contribution in [-0.4, -0.2) is 56.8 Å². The maximum absolute atomic E-state index is 10.1. The highest BCUT2D eigenvalue weighted by molar-refractivity contribution is 4.85. The summed E-state index contributed by atoms with van der Waals surface area (Å²) >= 11 is 0. The van der Waals surface area contributed by atoms with Crippen molar-refractivity contribution in [2.75, 3.05) is 39.5 Å². The van der Waals surface area contributed by atoms with Gasteiger partial charge in [-0.15, -0.1) is 0 Å². The third kappa shape index (κ3) is 3.94. The molecule has 0 radical (unpaired) electrons. The molecule has 3 aliphatic rings. The van der Waals surface area contributed by atoms with Gasteiger partial charge in [-0.3, -0.25) is 0 Å². The van der Waals surface area contributed by atoms with Crippen LogP contribution in [0.15, 0.2) is 0 Å². The highest BCUT2D eigenvalue weighted by atomic mass is 16.5. The molecule has 20 heavy (non-hydrogen) atoms. The molecule has 0 aromatic rings. The van der Waals surface area contributed by atoms with Crippen LogP contribution in [0.1, 0.15) is 38.5 Å². The smallest absolute Gasteiger partial charge is 0.126 e. The van der Waals surface area contributed by atoms with E-state index in [9.17, 15) is 5.11 Å². The summed E-state index contributed by atoms with van der Waals surface area (Å²) in [6.07, 6.45) is 8.16. The Hall–Kier alpha value is -0.160. The Labute approximate surface area is 122 Å². The fourth-order valence-corrected chi connectivity index (χ4v) is 4.31. The molecule has 3 rings (SSSR count). The summed E-state index contributed by atoms with van der Waals surface area (Å²) in [6.45, 7) is 5.02. The predicted molar refractivity (Wildman–Crippen MR) is 76.8 cm³/mol. The van der Waals surface area contributed by atoms with E-state index in [-0.39, 0.29) is 6.10 Å². The minimum absolute atomic E-state index is 0.315. The van der Waals surface area contributed by atoms with Crippen molar-refractivity contribution in [3.8, 4) is 0 Å². The molecule has 4 heteroatoms. The molecule has 116 valence electrons. The van der Waals surface area contributed by atoms with Gasteiger partial charge in [0.1, 0.15) is 25.7 Å². The lowest BCUT2D eigenvalue weighted by Gasteiger charge is -2.32. The molecule has 2 aliphatic carbocycles. The molecule has 0 aromatic heterocycles. The number of hydrogen-bond acceptors (Lipinski definition) is 3. The number of aliphatic hydroxyl groups excluding tert-OH is 1. The van der Waals surface area contributed by atoms with E-state index in [0.29, 0.717) is 12.7 Å². The predicted octanol–water partition coefficient (Wildman–Crippen LogP) is 0.248. The molecule has 3 fully saturated rings. The van der Waals surface area contributed by atoms with E-state index in [1.54, 1.807) is 0 Å². The van der Waals surface area contributed by atoms with Gasteiger partial charge in [-0.25, -0.2) is 0 Å². The lowest BCUT2D eigenvalue weighted by Crippen LogP contribution is -3.15. The van der Waals surface area contributed by atoms with Crippen molar-refractivity contribution in [3.63, 3.8) is 0 Å². The first-order chi connectivity index (χ1) is 9.81. The summed E-state index contributed by atoms with van der Waals surface area (Å²) < 4.78 is 11.3. The summed E-state index contributed by atoms with van der Waals surface area (Å²) in [4.78, 5) is 1.45. The van der Waals surface area contributed by atoms with Crippen LogP contribution in [-0.2, 0) is 9.47 Å². The van der Waals surface area contributed by atoms with Gasteiger partial charge in [0.2, 0.25) is 0 Å². The zero-order chi connectivity index (χ0) is 13.8. The van der Waals surface area contributed by atoms with Crippen LogP contribution in [0.3, 0.4) is 0 Å². The monoisotopic (exact) mass is 284 g/mol. The Bertz CT molecular complexity index is 293. The molecule has 3 unspecified atom stereocenters. The van der Waals surface area contributed by atoms with Crippen LogP contribution in [0.4, 0.5) is 0 Å². The number of morpholine rings is 1. The lowest BCUT2D eigenvalue weighted by molar-refractivity contribution is -0.911. The quantitative estimate of drug-likeness (QED) is 0.760. The summed E-state index contributed by atoms with van der Waals surface area (Å²) in [7, 11) is 0. The second-order valence-corrected chi connectivity index (χ2v) is 6.94. The van der Waals surface area contributed by atoms with E-state index in [0.717, 1.165) is 44.7 Å². The highest BCUT2D eigenvalue weighted by Crippen LogP contribution is 2.42. The number of rotatable bonds is 5. The number of quaternary nitrogens is 1. The van der Waals surface area contributed by atoms with Crippen molar-refractivity contribution in [2.24, 2.45) is 11.8 Å². The van der Waals surface area contributed by atoms with Crippen molar-refractivity contribution >= 4 is 0 Å². The Balaban J connectivity index is 1.34. The summed E-state index contributed by atoms with van der Waals surface area (Å²) in [6, 6.07) is 0. The zero-order valence-electron chi connectivity index (χ0n) is 12.6. The first kappa shape index (κ1) is 14.8. The SMILES string of the molecule is O[C@@H](COC1CCC2CCCC2C1)C[NH+]1CCOCC1. The molecule has 0 bridgehead atoms. The fourth-order valence-electron chi connectivity index (χ4n) is 4.31. The normalized spacial score (nSPS) is 36.8.